The second kappa shape index (κ2) is 5.27. The zero-order valence-corrected chi connectivity index (χ0v) is 10.3. The SMILES string of the molecule is CC(NC(=O)C1NCCC1C)c1ccccn1. The lowest BCUT2D eigenvalue weighted by Crippen LogP contribution is -2.44. The highest BCUT2D eigenvalue weighted by Gasteiger charge is 2.29. The largest absolute Gasteiger partial charge is 0.347 e. The summed E-state index contributed by atoms with van der Waals surface area (Å²) in [6, 6.07) is 5.63. The normalized spacial score (nSPS) is 25.5. The van der Waals surface area contributed by atoms with Gasteiger partial charge in [0.05, 0.1) is 17.8 Å². The molecule has 1 aliphatic heterocycles. The van der Waals surface area contributed by atoms with E-state index in [0.717, 1.165) is 18.7 Å². The van der Waals surface area contributed by atoms with Crippen molar-refractivity contribution in [2.45, 2.75) is 32.4 Å². The van der Waals surface area contributed by atoms with Crippen LogP contribution < -0.4 is 10.6 Å². The van der Waals surface area contributed by atoms with Crippen molar-refractivity contribution in [1.82, 2.24) is 15.6 Å². The van der Waals surface area contributed by atoms with Gasteiger partial charge in [-0.15, -0.1) is 0 Å². The second-order valence-electron chi connectivity index (χ2n) is 4.68. The molecule has 2 heterocycles. The van der Waals surface area contributed by atoms with E-state index in [1.54, 1.807) is 6.20 Å². The van der Waals surface area contributed by atoms with Crippen LogP contribution in [0.5, 0.6) is 0 Å². The van der Waals surface area contributed by atoms with Gasteiger partial charge in [0.2, 0.25) is 5.91 Å². The van der Waals surface area contributed by atoms with Crippen molar-refractivity contribution in [1.29, 1.82) is 0 Å². The molecule has 2 N–H and O–H groups in total. The zero-order chi connectivity index (χ0) is 12.3. The minimum Gasteiger partial charge on any atom is -0.347 e. The maximum atomic E-state index is 12.0. The number of pyridine rings is 1. The topological polar surface area (TPSA) is 54.0 Å². The van der Waals surface area contributed by atoms with Gasteiger partial charge in [-0.05, 0) is 37.9 Å². The molecule has 0 saturated carbocycles. The molecule has 1 aromatic rings. The minimum absolute atomic E-state index is 0.0432. The van der Waals surface area contributed by atoms with Crippen LogP contribution >= 0.6 is 0 Å². The van der Waals surface area contributed by atoms with Crippen LogP contribution in [0, 0.1) is 5.92 Å². The first-order valence-electron chi connectivity index (χ1n) is 6.13. The first kappa shape index (κ1) is 12.0. The van der Waals surface area contributed by atoms with Crippen LogP contribution in [0.2, 0.25) is 0 Å². The maximum absolute atomic E-state index is 12.0. The molecule has 1 aliphatic rings. The lowest BCUT2D eigenvalue weighted by Gasteiger charge is -2.19. The molecule has 0 radical (unpaired) electrons. The fourth-order valence-electron chi connectivity index (χ4n) is 2.19. The van der Waals surface area contributed by atoms with Gasteiger partial charge >= 0.3 is 0 Å². The lowest BCUT2D eigenvalue weighted by molar-refractivity contribution is -0.124. The van der Waals surface area contributed by atoms with Crippen molar-refractivity contribution < 1.29 is 4.79 Å². The van der Waals surface area contributed by atoms with Gasteiger partial charge in [-0.3, -0.25) is 9.78 Å². The summed E-state index contributed by atoms with van der Waals surface area (Å²) in [4.78, 5) is 16.3. The number of aromatic nitrogens is 1. The fraction of sp³-hybridized carbons (Fsp3) is 0.538. The molecule has 92 valence electrons. The number of carbonyl (C=O) groups excluding carboxylic acids is 1. The molecule has 1 saturated heterocycles. The monoisotopic (exact) mass is 233 g/mol. The first-order chi connectivity index (χ1) is 8.18. The third-order valence-corrected chi connectivity index (χ3v) is 3.31. The predicted octanol–water partition coefficient (Wildman–Crippen LogP) is 1.26. The zero-order valence-electron chi connectivity index (χ0n) is 10.3. The molecule has 0 spiro atoms. The molecule has 17 heavy (non-hydrogen) atoms. The van der Waals surface area contributed by atoms with Crippen LogP contribution in [0.25, 0.3) is 0 Å². The summed E-state index contributed by atoms with van der Waals surface area (Å²) in [5.41, 5.74) is 0.895. The molecule has 0 aliphatic carbocycles. The molecule has 3 atom stereocenters. The molecular formula is C13H19N3O. The lowest BCUT2D eigenvalue weighted by atomic mass is 10.0. The van der Waals surface area contributed by atoms with Crippen LogP contribution in [-0.2, 0) is 4.79 Å². The van der Waals surface area contributed by atoms with Crippen LogP contribution in [0.1, 0.15) is 32.0 Å². The Balaban J connectivity index is 1.95. The van der Waals surface area contributed by atoms with Crippen molar-refractivity contribution in [3.8, 4) is 0 Å². The van der Waals surface area contributed by atoms with Gasteiger partial charge in [-0.1, -0.05) is 13.0 Å². The quantitative estimate of drug-likeness (QED) is 0.826. The van der Waals surface area contributed by atoms with E-state index < -0.39 is 0 Å². The Labute approximate surface area is 102 Å². The standard InChI is InChI=1S/C13H19N3O/c1-9-6-8-15-12(9)13(17)16-10(2)11-5-3-4-7-14-11/h3-5,7,9-10,12,15H,6,8H2,1-2H3,(H,16,17). The Bertz CT molecular complexity index is 380. The van der Waals surface area contributed by atoms with Crippen molar-refractivity contribution >= 4 is 5.91 Å². The van der Waals surface area contributed by atoms with Gasteiger partial charge in [0.15, 0.2) is 0 Å². The summed E-state index contributed by atoms with van der Waals surface area (Å²) >= 11 is 0. The van der Waals surface area contributed by atoms with E-state index in [4.69, 9.17) is 0 Å². The average Bonchev–Trinajstić information content (AvgIpc) is 2.76. The van der Waals surface area contributed by atoms with E-state index in [9.17, 15) is 4.79 Å². The van der Waals surface area contributed by atoms with Crippen LogP contribution in [0.3, 0.4) is 0 Å². The van der Waals surface area contributed by atoms with Crippen LogP contribution in [0.15, 0.2) is 24.4 Å². The molecule has 3 unspecified atom stereocenters. The van der Waals surface area contributed by atoms with E-state index in [1.807, 2.05) is 25.1 Å². The van der Waals surface area contributed by atoms with E-state index in [-0.39, 0.29) is 18.0 Å². The molecule has 4 heteroatoms. The summed E-state index contributed by atoms with van der Waals surface area (Å²) in [5, 5.41) is 6.24. The van der Waals surface area contributed by atoms with Gasteiger partial charge in [0.1, 0.15) is 0 Å². The van der Waals surface area contributed by atoms with Crippen LogP contribution in [0.4, 0.5) is 0 Å². The summed E-state index contributed by atoms with van der Waals surface area (Å²) in [6.45, 7) is 4.99. The van der Waals surface area contributed by atoms with Gasteiger partial charge in [0, 0.05) is 6.20 Å². The Morgan fingerprint density at radius 2 is 2.41 bits per heavy atom. The van der Waals surface area contributed by atoms with Gasteiger partial charge in [0.25, 0.3) is 0 Å². The maximum Gasteiger partial charge on any atom is 0.237 e. The average molecular weight is 233 g/mol. The smallest absolute Gasteiger partial charge is 0.237 e. The molecule has 4 nitrogen and oxygen atoms in total. The minimum atomic E-state index is -0.0545. The number of nitrogens with zero attached hydrogens (tertiary/aromatic N) is 1. The van der Waals surface area contributed by atoms with Crippen LogP contribution in [-0.4, -0.2) is 23.5 Å². The van der Waals surface area contributed by atoms with Gasteiger partial charge in [-0.2, -0.15) is 0 Å². The number of nitrogens with one attached hydrogen (secondary N) is 2. The molecule has 2 rings (SSSR count). The van der Waals surface area contributed by atoms with Crippen molar-refractivity contribution in [2.75, 3.05) is 6.54 Å². The Morgan fingerprint density at radius 1 is 1.59 bits per heavy atom. The van der Waals surface area contributed by atoms with Crippen molar-refractivity contribution in [3.63, 3.8) is 0 Å². The molecule has 0 aromatic carbocycles. The molecule has 0 bridgehead atoms. The third-order valence-electron chi connectivity index (χ3n) is 3.31. The summed E-state index contributed by atoms with van der Waals surface area (Å²) in [5.74, 6) is 0.485. The Kier molecular flexibility index (Phi) is 3.74. The van der Waals surface area contributed by atoms with Crippen molar-refractivity contribution in [3.05, 3.63) is 30.1 Å². The number of carbonyl (C=O) groups is 1. The Morgan fingerprint density at radius 3 is 3.00 bits per heavy atom. The number of hydrogen-bond donors (Lipinski definition) is 2. The summed E-state index contributed by atoms with van der Waals surface area (Å²) in [7, 11) is 0. The highest BCUT2D eigenvalue weighted by atomic mass is 16.2. The predicted molar refractivity (Wildman–Crippen MR) is 66.4 cm³/mol. The first-order valence-corrected chi connectivity index (χ1v) is 6.13. The molecular weight excluding hydrogens is 214 g/mol. The highest BCUT2D eigenvalue weighted by Crippen LogP contribution is 2.16. The second-order valence-corrected chi connectivity index (χ2v) is 4.68. The highest BCUT2D eigenvalue weighted by molar-refractivity contribution is 5.82. The third kappa shape index (κ3) is 2.82. The number of hydrogen-bond acceptors (Lipinski definition) is 3. The molecule has 1 aromatic heterocycles. The molecule has 1 amide bonds. The van der Waals surface area contributed by atoms with E-state index in [1.165, 1.54) is 0 Å². The number of amides is 1. The van der Waals surface area contributed by atoms with E-state index >= 15 is 0 Å². The summed E-state index contributed by atoms with van der Waals surface area (Å²) < 4.78 is 0. The molecule has 1 fully saturated rings. The fourth-order valence-corrected chi connectivity index (χ4v) is 2.19. The van der Waals surface area contributed by atoms with E-state index in [0.29, 0.717) is 5.92 Å². The van der Waals surface area contributed by atoms with Crippen molar-refractivity contribution in [2.24, 2.45) is 5.92 Å². The number of rotatable bonds is 3. The van der Waals surface area contributed by atoms with Gasteiger partial charge < -0.3 is 10.6 Å². The van der Waals surface area contributed by atoms with E-state index in [2.05, 4.69) is 22.5 Å². The summed E-state index contributed by atoms with van der Waals surface area (Å²) in [6.07, 6.45) is 2.81. The van der Waals surface area contributed by atoms with Gasteiger partial charge in [-0.25, -0.2) is 0 Å². The Hall–Kier alpha value is -1.42.